The highest BCUT2D eigenvalue weighted by atomic mass is 16.4. The van der Waals surface area contributed by atoms with Gasteiger partial charge in [0.05, 0.1) is 12.6 Å². The van der Waals surface area contributed by atoms with Crippen LogP contribution < -0.4 is 21.3 Å². The van der Waals surface area contributed by atoms with Gasteiger partial charge < -0.3 is 31.5 Å². The molecule has 4 unspecified atom stereocenters. The van der Waals surface area contributed by atoms with Gasteiger partial charge in [0, 0.05) is 6.42 Å². The molecule has 10 heteroatoms. The van der Waals surface area contributed by atoms with Crippen molar-refractivity contribution >= 4 is 23.7 Å². The number of carbonyl (C=O) groups excluding carboxylic acids is 3. The van der Waals surface area contributed by atoms with Crippen molar-refractivity contribution < 1.29 is 29.4 Å². The van der Waals surface area contributed by atoms with Gasteiger partial charge in [0.25, 0.3) is 0 Å². The second-order valence-corrected chi connectivity index (χ2v) is 7.21. The summed E-state index contributed by atoms with van der Waals surface area (Å²) >= 11 is 0. The molecule has 2 rings (SSSR count). The van der Waals surface area contributed by atoms with Gasteiger partial charge in [-0.05, 0) is 31.9 Å². The van der Waals surface area contributed by atoms with Crippen molar-refractivity contribution in [1.82, 2.24) is 21.3 Å². The third-order valence-corrected chi connectivity index (χ3v) is 4.84. The first kappa shape index (κ1) is 23.3. The molecule has 1 aliphatic heterocycles. The number of benzene rings is 1. The molecule has 0 radical (unpaired) electrons. The van der Waals surface area contributed by atoms with Crippen molar-refractivity contribution in [2.75, 3.05) is 13.2 Å². The predicted octanol–water partition coefficient (Wildman–Crippen LogP) is -1.47. The summed E-state index contributed by atoms with van der Waals surface area (Å²) < 4.78 is 0. The van der Waals surface area contributed by atoms with E-state index in [1.54, 1.807) is 0 Å². The molecule has 3 amide bonds. The molecule has 1 fully saturated rings. The standard InChI is InChI=1S/C20H28N4O6/c1-12(17(26)24-16(11-25)20(29)30)22-19(28)15(10-13-6-3-2-4-7-13)23-18(27)14-8-5-9-21-14/h2-4,6-7,12,14-16,21,25H,5,8-11H2,1H3,(H,22,28)(H,23,27)(H,24,26)(H,29,30). The third kappa shape index (κ3) is 6.82. The monoisotopic (exact) mass is 420 g/mol. The molecule has 0 saturated carbocycles. The summed E-state index contributed by atoms with van der Waals surface area (Å²) in [5.74, 6) is -3.00. The number of carboxylic acids is 1. The number of amides is 3. The molecule has 10 nitrogen and oxygen atoms in total. The summed E-state index contributed by atoms with van der Waals surface area (Å²) in [5.41, 5.74) is 0.834. The lowest BCUT2D eigenvalue weighted by molar-refractivity contribution is -0.143. The lowest BCUT2D eigenvalue weighted by Crippen LogP contribution is -2.57. The number of aliphatic hydroxyl groups excluding tert-OH is 1. The Morgan fingerprint density at radius 1 is 1.07 bits per heavy atom. The fourth-order valence-corrected chi connectivity index (χ4v) is 3.10. The van der Waals surface area contributed by atoms with Crippen LogP contribution in [0.4, 0.5) is 0 Å². The molecule has 1 saturated heterocycles. The average molecular weight is 420 g/mol. The van der Waals surface area contributed by atoms with E-state index in [-0.39, 0.29) is 18.4 Å². The summed E-state index contributed by atoms with van der Waals surface area (Å²) in [4.78, 5) is 48.4. The quantitative estimate of drug-likeness (QED) is 0.270. The maximum absolute atomic E-state index is 12.8. The molecule has 1 aliphatic rings. The van der Waals surface area contributed by atoms with E-state index in [0.29, 0.717) is 6.42 Å². The van der Waals surface area contributed by atoms with Crippen molar-refractivity contribution in [3.63, 3.8) is 0 Å². The molecule has 1 heterocycles. The van der Waals surface area contributed by atoms with E-state index in [4.69, 9.17) is 10.2 Å². The Morgan fingerprint density at radius 3 is 2.33 bits per heavy atom. The smallest absolute Gasteiger partial charge is 0.328 e. The summed E-state index contributed by atoms with van der Waals surface area (Å²) in [6, 6.07) is 5.33. The zero-order chi connectivity index (χ0) is 22.1. The van der Waals surface area contributed by atoms with Crippen molar-refractivity contribution in [3.8, 4) is 0 Å². The Morgan fingerprint density at radius 2 is 1.77 bits per heavy atom. The van der Waals surface area contributed by atoms with Crippen LogP contribution in [0.5, 0.6) is 0 Å². The second kappa shape index (κ2) is 11.3. The van der Waals surface area contributed by atoms with Crippen LogP contribution in [0.1, 0.15) is 25.3 Å². The van der Waals surface area contributed by atoms with Gasteiger partial charge in [-0.15, -0.1) is 0 Å². The number of aliphatic hydroxyl groups is 1. The van der Waals surface area contributed by atoms with Crippen LogP contribution >= 0.6 is 0 Å². The summed E-state index contributed by atoms with van der Waals surface area (Å²) in [7, 11) is 0. The highest BCUT2D eigenvalue weighted by Gasteiger charge is 2.30. The maximum Gasteiger partial charge on any atom is 0.328 e. The largest absolute Gasteiger partial charge is 0.480 e. The van der Waals surface area contributed by atoms with Crippen molar-refractivity contribution in [2.24, 2.45) is 0 Å². The Hall–Kier alpha value is -2.98. The van der Waals surface area contributed by atoms with Crippen LogP contribution in [0.25, 0.3) is 0 Å². The molecule has 0 spiro atoms. The van der Waals surface area contributed by atoms with Gasteiger partial charge in [0.1, 0.15) is 18.1 Å². The van der Waals surface area contributed by atoms with E-state index in [1.807, 2.05) is 30.3 Å². The lowest BCUT2D eigenvalue weighted by Gasteiger charge is -2.23. The fourth-order valence-electron chi connectivity index (χ4n) is 3.10. The number of carbonyl (C=O) groups is 4. The lowest BCUT2D eigenvalue weighted by atomic mass is 10.0. The normalized spacial score (nSPS) is 18.7. The second-order valence-electron chi connectivity index (χ2n) is 7.21. The van der Waals surface area contributed by atoms with E-state index in [1.165, 1.54) is 6.92 Å². The van der Waals surface area contributed by atoms with Crippen LogP contribution in [-0.4, -0.2) is 71.2 Å². The topological polar surface area (TPSA) is 157 Å². The molecule has 0 aliphatic carbocycles. The van der Waals surface area contributed by atoms with Crippen molar-refractivity contribution in [3.05, 3.63) is 35.9 Å². The molecule has 6 N–H and O–H groups in total. The number of hydrogen-bond acceptors (Lipinski definition) is 6. The van der Waals surface area contributed by atoms with E-state index >= 15 is 0 Å². The number of nitrogens with one attached hydrogen (secondary N) is 4. The SMILES string of the molecule is CC(NC(=O)C(Cc1ccccc1)NC(=O)C1CCCN1)C(=O)NC(CO)C(=O)O. The first-order valence-corrected chi connectivity index (χ1v) is 9.84. The highest BCUT2D eigenvalue weighted by molar-refractivity contribution is 5.94. The average Bonchev–Trinajstić information content (AvgIpc) is 3.26. The predicted molar refractivity (Wildman–Crippen MR) is 107 cm³/mol. The molecule has 1 aromatic carbocycles. The molecule has 30 heavy (non-hydrogen) atoms. The minimum absolute atomic E-state index is 0.230. The summed E-state index contributed by atoms with van der Waals surface area (Å²) in [5, 5.41) is 28.4. The number of aliphatic carboxylic acids is 1. The maximum atomic E-state index is 12.8. The number of carboxylic acid groups (broad SMARTS) is 1. The Kier molecular flexibility index (Phi) is 8.75. The fraction of sp³-hybridized carbons (Fsp3) is 0.500. The zero-order valence-electron chi connectivity index (χ0n) is 16.8. The summed E-state index contributed by atoms with van der Waals surface area (Å²) in [6.07, 6.45) is 1.79. The van der Waals surface area contributed by atoms with Gasteiger partial charge in [-0.1, -0.05) is 30.3 Å². The Balaban J connectivity index is 2.04. The molecular formula is C20H28N4O6. The van der Waals surface area contributed by atoms with Gasteiger partial charge >= 0.3 is 5.97 Å². The van der Waals surface area contributed by atoms with Crippen LogP contribution in [-0.2, 0) is 25.6 Å². The van der Waals surface area contributed by atoms with Crippen molar-refractivity contribution in [1.29, 1.82) is 0 Å². The van der Waals surface area contributed by atoms with Crippen LogP contribution in [0.15, 0.2) is 30.3 Å². The minimum atomic E-state index is -1.47. The molecule has 0 aromatic heterocycles. The number of rotatable bonds is 10. The van der Waals surface area contributed by atoms with Gasteiger partial charge in [-0.3, -0.25) is 14.4 Å². The van der Waals surface area contributed by atoms with E-state index in [0.717, 1.165) is 18.5 Å². The van der Waals surface area contributed by atoms with Crippen LogP contribution in [0.3, 0.4) is 0 Å². The Labute approximate surface area is 174 Å². The molecule has 0 bridgehead atoms. The number of hydrogen-bond donors (Lipinski definition) is 6. The van der Waals surface area contributed by atoms with Crippen molar-refractivity contribution in [2.45, 2.75) is 50.4 Å². The van der Waals surface area contributed by atoms with E-state index < -0.39 is 42.5 Å². The third-order valence-electron chi connectivity index (χ3n) is 4.84. The molecule has 4 atom stereocenters. The molecule has 164 valence electrons. The van der Waals surface area contributed by atoms with Gasteiger partial charge in [-0.25, -0.2) is 4.79 Å². The highest BCUT2D eigenvalue weighted by Crippen LogP contribution is 2.08. The van der Waals surface area contributed by atoms with Crippen LogP contribution in [0, 0.1) is 0 Å². The van der Waals surface area contributed by atoms with Gasteiger partial charge in [-0.2, -0.15) is 0 Å². The molecular weight excluding hydrogens is 392 g/mol. The zero-order valence-corrected chi connectivity index (χ0v) is 16.8. The van der Waals surface area contributed by atoms with Gasteiger partial charge in [0.15, 0.2) is 0 Å². The summed E-state index contributed by atoms with van der Waals surface area (Å²) in [6.45, 7) is 1.35. The molecule has 1 aromatic rings. The van der Waals surface area contributed by atoms with Crippen LogP contribution in [0.2, 0.25) is 0 Å². The van der Waals surface area contributed by atoms with E-state index in [2.05, 4.69) is 21.3 Å². The Bertz CT molecular complexity index is 751. The van der Waals surface area contributed by atoms with Gasteiger partial charge in [0.2, 0.25) is 17.7 Å². The first-order chi connectivity index (χ1) is 14.3. The first-order valence-electron chi connectivity index (χ1n) is 9.84. The van der Waals surface area contributed by atoms with E-state index in [9.17, 15) is 19.2 Å². The minimum Gasteiger partial charge on any atom is -0.480 e.